The molecule has 0 saturated heterocycles. The molecule has 0 fully saturated rings. The van der Waals surface area contributed by atoms with Crippen molar-refractivity contribution in [3.63, 3.8) is 0 Å². The van der Waals surface area contributed by atoms with E-state index in [2.05, 4.69) is 18.7 Å². The molecular formula is C20H18O4. The van der Waals surface area contributed by atoms with E-state index in [-0.39, 0.29) is 23.9 Å². The summed E-state index contributed by atoms with van der Waals surface area (Å²) in [6.45, 7) is 6.54. The lowest BCUT2D eigenvalue weighted by molar-refractivity contribution is 0.139. The summed E-state index contributed by atoms with van der Waals surface area (Å²) < 4.78 is 18.1. The van der Waals surface area contributed by atoms with Gasteiger partial charge in [0.2, 0.25) is 0 Å². The highest BCUT2D eigenvalue weighted by molar-refractivity contribution is 5.56. The fraction of sp³-hybridized carbons (Fsp3) is 0.300. The minimum absolute atomic E-state index is 0.0598. The molecule has 5 rings (SSSR count). The number of rotatable bonds is 1. The Morgan fingerprint density at radius 3 is 2.79 bits per heavy atom. The van der Waals surface area contributed by atoms with Gasteiger partial charge >= 0.3 is 0 Å². The minimum Gasteiger partial charge on any atom is -0.508 e. The van der Waals surface area contributed by atoms with E-state index in [1.54, 1.807) is 12.1 Å². The van der Waals surface area contributed by atoms with Gasteiger partial charge in [-0.2, -0.15) is 0 Å². The lowest BCUT2D eigenvalue weighted by atomic mass is 9.89. The maximum atomic E-state index is 9.64. The van der Waals surface area contributed by atoms with E-state index >= 15 is 0 Å². The molecule has 0 aliphatic carbocycles. The largest absolute Gasteiger partial charge is 0.508 e. The maximum Gasteiger partial charge on any atom is 0.138 e. The summed E-state index contributed by atoms with van der Waals surface area (Å²) in [5.41, 5.74) is 4.34. The normalized spacial score (nSPS) is 25.5. The SMILES string of the molecule is C=C(C)C1Cc2cc3c(cc2O1)C1COc2cc(O)ccc2C1O3. The van der Waals surface area contributed by atoms with Crippen molar-refractivity contribution in [1.29, 1.82) is 0 Å². The molecule has 2 aromatic carbocycles. The average Bonchev–Trinajstić information content (AvgIpc) is 3.12. The van der Waals surface area contributed by atoms with Crippen LogP contribution in [-0.4, -0.2) is 17.8 Å². The van der Waals surface area contributed by atoms with Gasteiger partial charge in [-0.05, 0) is 36.8 Å². The van der Waals surface area contributed by atoms with Crippen LogP contribution in [0.1, 0.15) is 35.6 Å². The lowest BCUT2D eigenvalue weighted by Gasteiger charge is -2.27. The lowest BCUT2D eigenvalue weighted by Crippen LogP contribution is -2.23. The molecule has 4 heteroatoms. The fourth-order valence-electron chi connectivity index (χ4n) is 3.85. The van der Waals surface area contributed by atoms with E-state index < -0.39 is 0 Å². The Bertz CT molecular complexity index is 870. The van der Waals surface area contributed by atoms with Gasteiger partial charge in [0.05, 0.1) is 12.5 Å². The third-order valence-corrected chi connectivity index (χ3v) is 5.16. The quantitative estimate of drug-likeness (QED) is 0.810. The van der Waals surface area contributed by atoms with Crippen molar-refractivity contribution >= 4 is 0 Å². The number of ether oxygens (including phenoxy) is 3. The average molecular weight is 322 g/mol. The van der Waals surface area contributed by atoms with Crippen LogP contribution in [0.5, 0.6) is 23.0 Å². The second-order valence-electron chi connectivity index (χ2n) is 6.83. The van der Waals surface area contributed by atoms with Crippen molar-refractivity contribution in [3.8, 4) is 23.0 Å². The van der Waals surface area contributed by atoms with Crippen LogP contribution in [0.15, 0.2) is 42.5 Å². The van der Waals surface area contributed by atoms with Crippen LogP contribution in [-0.2, 0) is 6.42 Å². The van der Waals surface area contributed by atoms with E-state index in [0.717, 1.165) is 34.6 Å². The highest BCUT2D eigenvalue weighted by Gasteiger charge is 2.42. The molecular weight excluding hydrogens is 304 g/mol. The number of hydrogen-bond donors (Lipinski definition) is 1. The molecule has 2 aromatic rings. The summed E-state index contributed by atoms with van der Waals surface area (Å²) in [4.78, 5) is 0. The van der Waals surface area contributed by atoms with Gasteiger partial charge in [0.1, 0.15) is 35.2 Å². The molecule has 0 spiro atoms. The second kappa shape index (κ2) is 4.69. The maximum absolute atomic E-state index is 9.64. The van der Waals surface area contributed by atoms with Crippen LogP contribution in [0.3, 0.4) is 0 Å². The summed E-state index contributed by atoms with van der Waals surface area (Å²) in [5, 5.41) is 9.64. The molecule has 3 heterocycles. The molecule has 4 nitrogen and oxygen atoms in total. The second-order valence-corrected chi connectivity index (χ2v) is 6.83. The fourth-order valence-corrected chi connectivity index (χ4v) is 3.85. The number of benzene rings is 2. The summed E-state index contributed by atoms with van der Waals surface area (Å²) in [6.07, 6.45) is 0.839. The van der Waals surface area contributed by atoms with Crippen molar-refractivity contribution in [1.82, 2.24) is 0 Å². The zero-order valence-electron chi connectivity index (χ0n) is 13.4. The van der Waals surface area contributed by atoms with E-state index in [1.807, 2.05) is 13.0 Å². The molecule has 3 unspecified atom stereocenters. The number of hydrogen-bond acceptors (Lipinski definition) is 4. The van der Waals surface area contributed by atoms with Crippen molar-refractivity contribution in [2.75, 3.05) is 6.61 Å². The highest BCUT2D eigenvalue weighted by Crippen LogP contribution is 2.53. The van der Waals surface area contributed by atoms with Crippen molar-refractivity contribution in [3.05, 3.63) is 59.2 Å². The Balaban J connectivity index is 1.53. The predicted octanol–water partition coefficient (Wildman–Crippen LogP) is 3.88. The van der Waals surface area contributed by atoms with E-state index in [0.29, 0.717) is 12.4 Å². The van der Waals surface area contributed by atoms with E-state index in [4.69, 9.17) is 14.2 Å². The van der Waals surface area contributed by atoms with Crippen LogP contribution in [0, 0.1) is 0 Å². The Hall–Kier alpha value is -2.62. The summed E-state index contributed by atoms with van der Waals surface area (Å²) in [6, 6.07) is 9.42. The highest BCUT2D eigenvalue weighted by atomic mass is 16.5. The molecule has 3 aliphatic heterocycles. The molecule has 0 aromatic heterocycles. The number of phenolic OH excluding ortho intramolecular Hbond substituents is 1. The van der Waals surface area contributed by atoms with Gasteiger partial charge < -0.3 is 19.3 Å². The zero-order valence-corrected chi connectivity index (χ0v) is 13.4. The molecule has 24 heavy (non-hydrogen) atoms. The Kier molecular flexibility index (Phi) is 2.70. The van der Waals surface area contributed by atoms with Gasteiger partial charge in [0, 0.05) is 29.2 Å². The standard InChI is InChI=1S/C20H18O4/c1-10(2)16-5-11-6-19-14(8-17(11)23-16)15-9-22-18-7-12(21)3-4-13(18)20(15)24-19/h3-4,6-8,15-16,20-21H,1,5,9H2,2H3. The molecule has 122 valence electrons. The molecule has 1 N–H and O–H groups in total. The van der Waals surface area contributed by atoms with Gasteiger partial charge in [-0.15, -0.1) is 0 Å². The Morgan fingerprint density at radius 1 is 1.08 bits per heavy atom. The van der Waals surface area contributed by atoms with Crippen molar-refractivity contribution < 1.29 is 19.3 Å². The van der Waals surface area contributed by atoms with Crippen LogP contribution in [0.25, 0.3) is 0 Å². The monoisotopic (exact) mass is 322 g/mol. The van der Waals surface area contributed by atoms with Gasteiger partial charge in [0.15, 0.2) is 0 Å². The third-order valence-electron chi connectivity index (χ3n) is 5.16. The summed E-state index contributed by atoms with van der Waals surface area (Å²) in [5.74, 6) is 2.91. The smallest absolute Gasteiger partial charge is 0.138 e. The molecule has 3 aliphatic rings. The predicted molar refractivity (Wildman–Crippen MR) is 89.1 cm³/mol. The number of aromatic hydroxyl groups is 1. The van der Waals surface area contributed by atoms with Crippen LogP contribution >= 0.6 is 0 Å². The Labute approximate surface area is 140 Å². The summed E-state index contributed by atoms with van der Waals surface area (Å²) in [7, 11) is 0. The number of fused-ring (bicyclic) bond motifs is 6. The Morgan fingerprint density at radius 2 is 1.96 bits per heavy atom. The van der Waals surface area contributed by atoms with Gasteiger partial charge in [0.25, 0.3) is 0 Å². The first-order chi connectivity index (χ1) is 11.6. The van der Waals surface area contributed by atoms with Crippen molar-refractivity contribution in [2.45, 2.75) is 31.5 Å². The van der Waals surface area contributed by atoms with E-state index in [1.165, 1.54) is 5.56 Å². The minimum atomic E-state index is -0.0659. The molecule has 0 bridgehead atoms. The molecule has 0 amide bonds. The first kappa shape index (κ1) is 13.8. The van der Waals surface area contributed by atoms with Crippen LogP contribution in [0.4, 0.5) is 0 Å². The zero-order chi connectivity index (χ0) is 16.4. The van der Waals surface area contributed by atoms with Gasteiger partial charge in [-0.25, -0.2) is 0 Å². The van der Waals surface area contributed by atoms with Crippen LogP contribution in [0.2, 0.25) is 0 Å². The topological polar surface area (TPSA) is 47.9 Å². The van der Waals surface area contributed by atoms with Crippen LogP contribution < -0.4 is 14.2 Å². The molecule has 0 saturated carbocycles. The first-order valence-electron chi connectivity index (χ1n) is 8.21. The third kappa shape index (κ3) is 1.86. The summed E-state index contributed by atoms with van der Waals surface area (Å²) >= 11 is 0. The molecule has 0 radical (unpaired) electrons. The van der Waals surface area contributed by atoms with Gasteiger partial charge in [-0.3, -0.25) is 0 Å². The first-order valence-corrected chi connectivity index (χ1v) is 8.21. The van der Waals surface area contributed by atoms with E-state index in [9.17, 15) is 5.11 Å². The van der Waals surface area contributed by atoms with Crippen molar-refractivity contribution in [2.24, 2.45) is 0 Å². The van der Waals surface area contributed by atoms with Gasteiger partial charge in [-0.1, -0.05) is 6.58 Å². The molecule has 3 atom stereocenters. The number of phenols is 1.